The molecule has 1 aliphatic rings. The van der Waals surface area contributed by atoms with Crippen LogP contribution in [0, 0.1) is 5.92 Å². The van der Waals surface area contributed by atoms with Gasteiger partial charge < -0.3 is 4.74 Å². The highest BCUT2D eigenvalue weighted by atomic mass is 16.6. The number of allylic oxidation sites excluding steroid dienone is 1. The fourth-order valence-electron chi connectivity index (χ4n) is 0.796. The lowest BCUT2D eigenvalue weighted by Gasteiger charge is -2.01. The van der Waals surface area contributed by atoms with E-state index in [4.69, 9.17) is 4.74 Å². The average Bonchev–Trinajstić information content (AvgIpc) is 2.71. The number of ether oxygens (including phenoxy) is 1. The Morgan fingerprint density at radius 2 is 2.40 bits per heavy atom. The second kappa shape index (κ2) is 3.77. The van der Waals surface area contributed by atoms with Gasteiger partial charge in [-0.05, 0) is 12.3 Å². The van der Waals surface area contributed by atoms with Crippen LogP contribution in [0.2, 0.25) is 0 Å². The number of hydrogen-bond donors (Lipinski definition) is 0. The van der Waals surface area contributed by atoms with Crippen LogP contribution in [-0.4, -0.2) is 12.7 Å². The van der Waals surface area contributed by atoms with E-state index < -0.39 is 0 Å². The van der Waals surface area contributed by atoms with Crippen molar-refractivity contribution < 1.29 is 4.74 Å². The van der Waals surface area contributed by atoms with Gasteiger partial charge in [-0.3, -0.25) is 0 Å². The summed E-state index contributed by atoms with van der Waals surface area (Å²) in [5.41, 5.74) is 0. The zero-order valence-electron chi connectivity index (χ0n) is 6.84. The third kappa shape index (κ3) is 3.02. The van der Waals surface area contributed by atoms with E-state index in [9.17, 15) is 0 Å². The van der Waals surface area contributed by atoms with Crippen molar-refractivity contribution in [2.75, 3.05) is 6.61 Å². The van der Waals surface area contributed by atoms with Gasteiger partial charge >= 0.3 is 0 Å². The maximum Gasteiger partial charge on any atom is 0.0991 e. The molecular formula is C9H16O. The Balaban J connectivity index is 2.01. The molecule has 1 saturated heterocycles. The van der Waals surface area contributed by atoms with Crippen molar-refractivity contribution in [3.63, 3.8) is 0 Å². The van der Waals surface area contributed by atoms with Crippen LogP contribution in [0.25, 0.3) is 0 Å². The minimum absolute atomic E-state index is 0.462. The molecule has 0 aromatic heterocycles. The third-order valence-corrected chi connectivity index (χ3v) is 1.95. The maximum atomic E-state index is 5.04. The van der Waals surface area contributed by atoms with Gasteiger partial charge in [0.1, 0.15) is 0 Å². The molecule has 1 fully saturated rings. The minimum atomic E-state index is 0.462. The molecular weight excluding hydrogens is 124 g/mol. The van der Waals surface area contributed by atoms with Crippen molar-refractivity contribution >= 4 is 0 Å². The van der Waals surface area contributed by atoms with Crippen LogP contribution in [0.4, 0.5) is 0 Å². The smallest absolute Gasteiger partial charge is 0.0991 e. The molecule has 0 spiro atoms. The van der Waals surface area contributed by atoms with Crippen molar-refractivity contribution in [3.8, 4) is 0 Å². The molecule has 58 valence electrons. The Bertz CT molecular complexity index is 114. The molecule has 0 aromatic carbocycles. The van der Waals surface area contributed by atoms with Gasteiger partial charge in [0, 0.05) is 0 Å². The summed E-state index contributed by atoms with van der Waals surface area (Å²) >= 11 is 0. The van der Waals surface area contributed by atoms with Crippen LogP contribution in [-0.2, 0) is 4.74 Å². The van der Waals surface area contributed by atoms with Gasteiger partial charge in [0.05, 0.1) is 12.7 Å². The molecule has 0 saturated carbocycles. The summed E-state index contributed by atoms with van der Waals surface area (Å²) in [5, 5.41) is 0. The summed E-state index contributed by atoms with van der Waals surface area (Å²) in [4.78, 5) is 0. The van der Waals surface area contributed by atoms with E-state index in [1.54, 1.807) is 0 Å². The highest BCUT2D eigenvalue weighted by Gasteiger charge is 2.17. The van der Waals surface area contributed by atoms with Gasteiger partial charge in [-0.15, -0.1) is 0 Å². The SMILES string of the molecule is CC[C@H](C)C/C=C/C1CO1. The molecule has 0 bridgehead atoms. The van der Waals surface area contributed by atoms with Crippen molar-refractivity contribution in [1.29, 1.82) is 0 Å². The predicted molar refractivity (Wildman–Crippen MR) is 43.0 cm³/mol. The average molecular weight is 140 g/mol. The van der Waals surface area contributed by atoms with Gasteiger partial charge in [-0.1, -0.05) is 32.4 Å². The van der Waals surface area contributed by atoms with E-state index in [2.05, 4.69) is 26.0 Å². The number of rotatable bonds is 4. The lowest BCUT2D eigenvalue weighted by molar-refractivity contribution is 0.439. The molecule has 0 aromatic rings. The molecule has 10 heavy (non-hydrogen) atoms. The molecule has 1 heterocycles. The number of hydrogen-bond acceptors (Lipinski definition) is 1. The van der Waals surface area contributed by atoms with Gasteiger partial charge in [0.2, 0.25) is 0 Å². The first kappa shape index (κ1) is 7.80. The van der Waals surface area contributed by atoms with Gasteiger partial charge in [0.15, 0.2) is 0 Å². The van der Waals surface area contributed by atoms with E-state index in [0.717, 1.165) is 12.5 Å². The molecule has 1 heteroatoms. The summed E-state index contributed by atoms with van der Waals surface area (Å²) in [6.07, 6.45) is 7.36. The van der Waals surface area contributed by atoms with Gasteiger partial charge in [-0.2, -0.15) is 0 Å². The van der Waals surface area contributed by atoms with Crippen molar-refractivity contribution in [3.05, 3.63) is 12.2 Å². The molecule has 0 N–H and O–H groups in total. The Kier molecular flexibility index (Phi) is 2.94. The van der Waals surface area contributed by atoms with E-state index in [1.807, 2.05) is 0 Å². The van der Waals surface area contributed by atoms with E-state index in [-0.39, 0.29) is 0 Å². The molecule has 1 aliphatic heterocycles. The zero-order chi connectivity index (χ0) is 7.40. The van der Waals surface area contributed by atoms with E-state index >= 15 is 0 Å². The first-order valence-corrected chi connectivity index (χ1v) is 4.11. The van der Waals surface area contributed by atoms with Crippen LogP contribution in [0.3, 0.4) is 0 Å². The standard InChI is InChI=1S/C9H16O/c1-3-8(2)5-4-6-9-7-10-9/h4,6,8-9H,3,5,7H2,1-2H3/b6-4+/t8-,9?/m0/s1. The number of epoxide rings is 1. The van der Waals surface area contributed by atoms with Crippen molar-refractivity contribution in [1.82, 2.24) is 0 Å². The Morgan fingerprint density at radius 3 is 2.90 bits per heavy atom. The van der Waals surface area contributed by atoms with Gasteiger partial charge in [0.25, 0.3) is 0 Å². The lowest BCUT2D eigenvalue weighted by Crippen LogP contribution is -1.88. The molecule has 0 aliphatic carbocycles. The minimum Gasteiger partial charge on any atom is -0.369 e. The second-order valence-electron chi connectivity index (χ2n) is 3.05. The Hall–Kier alpha value is -0.300. The fraction of sp³-hybridized carbons (Fsp3) is 0.778. The third-order valence-electron chi connectivity index (χ3n) is 1.95. The molecule has 1 rings (SSSR count). The normalized spacial score (nSPS) is 27.2. The Labute approximate surface area is 63.1 Å². The summed E-state index contributed by atoms with van der Waals surface area (Å²) in [7, 11) is 0. The second-order valence-corrected chi connectivity index (χ2v) is 3.05. The first-order chi connectivity index (χ1) is 4.83. The predicted octanol–water partition coefficient (Wildman–Crippen LogP) is 2.38. The largest absolute Gasteiger partial charge is 0.369 e. The molecule has 2 atom stereocenters. The molecule has 0 radical (unpaired) electrons. The summed E-state index contributed by atoms with van der Waals surface area (Å²) in [5.74, 6) is 0.829. The van der Waals surface area contributed by atoms with E-state index in [1.165, 1.54) is 12.8 Å². The van der Waals surface area contributed by atoms with Crippen LogP contribution in [0.5, 0.6) is 0 Å². The van der Waals surface area contributed by atoms with Crippen LogP contribution >= 0.6 is 0 Å². The van der Waals surface area contributed by atoms with Gasteiger partial charge in [-0.25, -0.2) is 0 Å². The molecule has 1 nitrogen and oxygen atoms in total. The fourth-order valence-corrected chi connectivity index (χ4v) is 0.796. The van der Waals surface area contributed by atoms with E-state index in [0.29, 0.717) is 6.10 Å². The first-order valence-electron chi connectivity index (χ1n) is 4.11. The summed E-state index contributed by atoms with van der Waals surface area (Å²) in [6.45, 7) is 5.45. The molecule has 1 unspecified atom stereocenters. The zero-order valence-corrected chi connectivity index (χ0v) is 6.84. The monoisotopic (exact) mass is 140 g/mol. The quantitative estimate of drug-likeness (QED) is 0.431. The Morgan fingerprint density at radius 1 is 1.70 bits per heavy atom. The van der Waals surface area contributed by atoms with Crippen LogP contribution in [0.15, 0.2) is 12.2 Å². The highest BCUT2D eigenvalue weighted by molar-refractivity contribution is 4.95. The van der Waals surface area contributed by atoms with Crippen LogP contribution < -0.4 is 0 Å². The topological polar surface area (TPSA) is 12.5 Å². The molecule has 0 amide bonds. The highest BCUT2D eigenvalue weighted by Crippen LogP contribution is 2.12. The van der Waals surface area contributed by atoms with Crippen LogP contribution in [0.1, 0.15) is 26.7 Å². The maximum absolute atomic E-state index is 5.04. The summed E-state index contributed by atoms with van der Waals surface area (Å²) in [6, 6.07) is 0. The summed E-state index contributed by atoms with van der Waals surface area (Å²) < 4.78 is 5.04. The van der Waals surface area contributed by atoms with Crippen molar-refractivity contribution in [2.24, 2.45) is 5.92 Å². The lowest BCUT2D eigenvalue weighted by atomic mass is 10.1. The van der Waals surface area contributed by atoms with Crippen molar-refractivity contribution in [2.45, 2.75) is 32.8 Å².